The van der Waals surface area contributed by atoms with Gasteiger partial charge in [-0.15, -0.1) is 0 Å². The third-order valence-corrected chi connectivity index (χ3v) is 4.55. The number of halogens is 1. The van der Waals surface area contributed by atoms with Gasteiger partial charge in [0.2, 0.25) is 0 Å². The fourth-order valence-corrected chi connectivity index (χ4v) is 3.41. The summed E-state index contributed by atoms with van der Waals surface area (Å²) in [5.74, 6) is 0.318. The van der Waals surface area contributed by atoms with E-state index in [0.29, 0.717) is 12.5 Å². The van der Waals surface area contributed by atoms with Gasteiger partial charge in [0.15, 0.2) is 5.78 Å². The van der Waals surface area contributed by atoms with E-state index in [1.165, 1.54) is 12.1 Å². The Bertz CT molecular complexity index is 508. The first-order valence-corrected chi connectivity index (χ1v) is 7.89. The van der Waals surface area contributed by atoms with Crippen molar-refractivity contribution in [3.8, 4) is 0 Å². The zero-order valence-corrected chi connectivity index (χ0v) is 13.2. The number of hydrogen-bond donors (Lipinski definition) is 0. The Labute approximate surface area is 126 Å². The first-order valence-electron chi connectivity index (χ1n) is 7.89. The zero-order chi connectivity index (χ0) is 15.5. The molecule has 116 valence electrons. The lowest BCUT2D eigenvalue weighted by Gasteiger charge is -2.38. The number of Topliss-reactive ketones (excluding diaryl/α,β-unsaturated/α-hetero) is 1. The Morgan fingerprint density at radius 2 is 2.24 bits per heavy atom. The molecule has 1 aliphatic rings. The summed E-state index contributed by atoms with van der Waals surface area (Å²) in [6, 6.07) is 4.64. The van der Waals surface area contributed by atoms with E-state index in [2.05, 4.69) is 6.92 Å². The SMILES string of the molecule is CCOC1(C(=O)Cc2cc(F)ccc2C)CCCC(C)C1. The van der Waals surface area contributed by atoms with Crippen LogP contribution in [-0.4, -0.2) is 18.0 Å². The summed E-state index contributed by atoms with van der Waals surface area (Å²) >= 11 is 0. The van der Waals surface area contributed by atoms with Crippen LogP contribution < -0.4 is 0 Å². The molecule has 0 amide bonds. The Morgan fingerprint density at radius 1 is 1.48 bits per heavy atom. The first kappa shape index (κ1) is 16.2. The van der Waals surface area contributed by atoms with Crippen molar-refractivity contribution in [3.05, 3.63) is 35.1 Å². The van der Waals surface area contributed by atoms with Crippen LogP contribution in [0.15, 0.2) is 18.2 Å². The highest BCUT2D eigenvalue weighted by Crippen LogP contribution is 2.37. The van der Waals surface area contributed by atoms with Gasteiger partial charge in [0, 0.05) is 13.0 Å². The lowest BCUT2D eigenvalue weighted by molar-refractivity contribution is -0.150. The van der Waals surface area contributed by atoms with Crippen molar-refractivity contribution in [2.75, 3.05) is 6.61 Å². The van der Waals surface area contributed by atoms with Crippen LogP contribution in [-0.2, 0) is 16.0 Å². The minimum absolute atomic E-state index is 0.101. The summed E-state index contributed by atoms with van der Waals surface area (Å²) in [5, 5.41) is 0. The fraction of sp³-hybridized carbons (Fsp3) is 0.611. The molecule has 21 heavy (non-hydrogen) atoms. The maximum atomic E-state index is 13.4. The lowest BCUT2D eigenvalue weighted by atomic mass is 9.75. The Kier molecular flexibility index (Phi) is 5.15. The van der Waals surface area contributed by atoms with E-state index < -0.39 is 5.60 Å². The summed E-state index contributed by atoms with van der Waals surface area (Å²) in [4.78, 5) is 12.8. The molecule has 1 aromatic carbocycles. The molecule has 0 aliphatic heterocycles. The highest BCUT2D eigenvalue weighted by Gasteiger charge is 2.41. The number of aryl methyl sites for hydroxylation is 1. The molecule has 0 spiro atoms. The van der Waals surface area contributed by atoms with Crippen molar-refractivity contribution >= 4 is 5.78 Å². The molecule has 0 bridgehead atoms. The number of ketones is 1. The third kappa shape index (κ3) is 3.70. The van der Waals surface area contributed by atoms with E-state index in [9.17, 15) is 9.18 Å². The summed E-state index contributed by atoms with van der Waals surface area (Å²) < 4.78 is 19.3. The quantitative estimate of drug-likeness (QED) is 0.811. The lowest BCUT2D eigenvalue weighted by Crippen LogP contribution is -2.46. The molecule has 0 radical (unpaired) electrons. The molecule has 0 N–H and O–H groups in total. The number of ether oxygens (including phenoxy) is 1. The predicted octanol–water partition coefficient (Wildman–Crippen LogP) is 4.23. The molecule has 1 aliphatic carbocycles. The van der Waals surface area contributed by atoms with Crippen LogP contribution in [0.2, 0.25) is 0 Å². The summed E-state index contributed by atoms with van der Waals surface area (Å²) in [7, 11) is 0. The smallest absolute Gasteiger partial charge is 0.168 e. The van der Waals surface area contributed by atoms with E-state index in [0.717, 1.165) is 36.8 Å². The number of carbonyl (C=O) groups is 1. The number of hydrogen-bond acceptors (Lipinski definition) is 2. The standard InChI is InChI=1S/C18H25FO2/c1-4-21-18(9-5-6-13(2)12-18)17(20)11-15-10-16(19)8-7-14(15)3/h7-8,10,13H,4-6,9,11-12H2,1-3H3. The average molecular weight is 292 g/mol. The zero-order valence-electron chi connectivity index (χ0n) is 13.2. The van der Waals surface area contributed by atoms with Crippen molar-refractivity contribution < 1.29 is 13.9 Å². The summed E-state index contributed by atoms with van der Waals surface area (Å²) in [5.41, 5.74) is 1.07. The monoisotopic (exact) mass is 292 g/mol. The molecular formula is C18H25FO2. The highest BCUT2D eigenvalue weighted by molar-refractivity contribution is 5.89. The van der Waals surface area contributed by atoms with Crippen molar-refractivity contribution in [2.24, 2.45) is 5.92 Å². The molecule has 1 aromatic rings. The highest BCUT2D eigenvalue weighted by atomic mass is 19.1. The third-order valence-electron chi connectivity index (χ3n) is 4.55. The second-order valence-corrected chi connectivity index (χ2v) is 6.30. The van der Waals surface area contributed by atoms with Crippen LogP contribution in [0, 0.1) is 18.7 Å². The molecular weight excluding hydrogens is 267 g/mol. The van der Waals surface area contributed by atoms with Gasteiger partial charge in [-0.25, -0.2) is 4.39 Å². The topological polar surface area (TPSA) is 26.3 Å². The van der Waals surface area contributed by atoms with Gasteiger partial charge >= 0.3 is 0 Å². The minimum atomic E-state index is -0.662. The molecule has 2 rings (SSSR count). The van der Waals surface area contributed by atoms with Gasteiger partial charge in [0.05, 0.1) is 0 Å². The maximum Gasteiger partial charge on any atom is 0.168 e. The Balaban J connectivity index is 2.20. The average Bonchev–Trinajstić information content (AvgIpc) is 2.43. The van der Waals surface area contributed by atoms with Crippen molar-refractivity contribution in [2.45, 2.75) is 58.5 Å². The largest absolute Gasteiger partial charge is 0.367 e. The van der Waals surface area contributed by atoms with Gasteiger partial charge in [-0.2, -0.15) is 0 Å². The second-order valence-electron chi connectivity index (χ2n) is 6.30. The van der Waals surface area contributed by atoms with Gasteiger partial charge in [0.1, 0.15) is 11.4 Å². The van der Waals surface area contributed by atoms with E-state index >= 15 is 0 Å². The number of benzene rings is 1. The maximum absolute atomic E-state index is 13.4. The van der Waals surface area contributed by atoms with Crippen LogP contribution in [0.5, 0.6) is 0 Å². The van der Waals surface area contributed by atoms with Crippen LogP contribution in [0.4, 0.5) is 4.39 Å². The van der Waals surface area contributed by atoms with Crippen molar-refractivity contribution in [3.63, 3.8) is 0 Å². The summed E-state index contributed by atoms with van der Waals surface area (Å²) in [6.07, 6.45) is 4.01. The van der Waals surface area contributed by atoms with Gasteiger partial charge in [0.25, 0.3) is 0 Å². The Hall–Kier alpha value is -1.22. The van der Waals surface area contributed by atoms with Gasteiger partial charge in [-0.1, -0.05) is 19.4 Å². The normalized spacial score (nSPS) is 25.8. The fourth-order valence-electron chi connectivity index (χ4n) is 3.41. The minimum Gasteiger partial charge on any atom is -0.367 e. The van der Waals surface area contributed by atoms with Crippen LogP contribution >= 0.6 is 0 Å². The predicted molar refractivity (Wildman–Crippen MR) is 81.8 cm³/mol. The summed E-state index contributed by atoms with van der Waals surface area (Å²) in [6.45, 7) is 6.56. The second kappa shape index (κ2) is 6.69. The molecule has 0 heterocycles. The Morgan fingerprint density at radius 3 is 2.90 bits per heavy atom. The van der Waals surface area contributed by atoms with Crippen LogP contribution in [0.3, 0.4) is 0 Å². The van der Waals surface area contributed by atoms with E-state index in [4.69, 9.17) is 4.74 Å². The van der Waals surface area contributed by atoms with Crippen molar-refractivity contribution in [1.82, 2.24) is 0 Å². The van der Waals surface area contributed by atoms with Gasteiger partial charge < -0.3 is 4.74 Å². The molecule has 3 heteroatoms. The molecule has 2 nitrogen and oxygen atoms in total. The molecule has 2 unspecified atom stereocenters. The van der Waals surface area contributed by atoms with E-state index in [1.54, 1.807) is 6.07 Å². The van der Waals surface area contributed by atoms with Gasteiger partial charge in [-0.3, -0.25) is 4.79 Å². The van der Waals surface area contributed by atoms with E-state index in [-0.39, 0.29) is 18.0 Å². The molecule has 0 saturated heterocycles. The molecule has 1 saturated carbocycles. The molecule has 0 aromatic heterocycles. The van der Waals surface area contributed by atoms with Crippen LogP contribution in [0.1, 0.15) is 50.7 Å². The molecule has 1 fully saturated rings. The van der Waals surface area contributed by atoms with Gasteiger partial charge in [-0.05, 0) is 62.3 Å². The first-order chi connectivity index (χ1) is 9.97. The number of carbonyl (C=O) groups excluding carboxylic acids is 1. The molecule has 2 atom stereocenters. The van der Waals surface area contributed by atoms with E-state index in [1.807, 2.05) is 13.8 Å². The van der Waals surface area contributed by atoms with Crippen LogP contribution in [0.25, 0.3) is 0 Å². The van der Waals surface area contributed by atoms with Crippen molar-refractivity contribution in [1.29, 1.82) is 0 Å². The number of rotatable bonds is 5.